The van der Waals surface area contributed by atoms with Crippen molar-refractivity contribution in [2.75, 3.05) is 13.1 Å². The first-order chi connectivity index (χ1) is 13.9. The molecule has 1 aromatic heterocycles. The lowest BCUT2D eigenvalue weighted by Gasteiger charge is -2.44. The topological polar surface area (TPSA) is 60.0 Å². The van der Waals surface area contributed by atoms with Gasteiger partial charge in [-0.05, 0) is 43.4 Å². The van der Waals surface area contributed by atoms with Crippen molar-refractivity contribution in [2.45, 2.75) is 56.4 Å². The van der Waals surface area contributed by atoms with Crippen molar-refractivity contribution in [3.8, 4) is 12.3 Å². The largest absolute Gasteiger partial charge is 0.451 e. The Morgan fingerprint density at radius 1 is 1.21 bits per heavy atom. The second-order valence-corrected chi connectivity index (χ2v) is 8.00. The lowest BCUT2D eigenvalue weighted by Crippen LogP contribution is -2.47. The molecule has 0 radical (unpaired) electrons. The second-order valence-electron chi connectivity index (χ2n) is 8.00. The van der Waals surface area contributed by atoms with Crippen LogP contribution in [0.5, 0.6) is 0 Å². The molecule has 1 aromatic carbocycles. The molecule has 4 rings (SSSR count). The zero-order chi connectivity index (χ0) is 20.6. The highest BCUT2D eigenvalue weighted by atomic mass is 19.4. The van der Waals surface area contributed by atoms with Crippen LogP contribution < -0.4 is 5.73 Å². The molecule has 2 aromatic rings. The van der Waals surface area contributed by atoms with E-state index in [4.69, 9.17) is 12.2 Å². The van der Waals surface area contributed by atoms with Gasteiger partial charge in [0, 0.05) is 36.7 Å². The van der Waals surface area contributed by atoms with Crippen LogP contribution in [0.2, 0.25) is 0 Å². The summed E-state index contributed by atoms with van der Waals surface area (Å²) in [5, 5.41) is 7.16. The van der Waals surface area contributed by atoms with E-state index in [-0.39, 0.29) is 12.0 Å². The number of hydrogen-bond donors (Lipinski definition) is 1. The number of fused-ring (bicyclic) bond motifs is 1. The van der Waals surface area contributed by atoms with Crippen molar-refractivity contribution in [1.29, 1.82) is 0 Å². The Bertz CT molecular complexity index is 919. The number of benzene rings is 1. The highest BCUT2D eigenvalue weighted by Gasteiger charge is 2.41. The van der Waals surface area contributed by atoms with Crippen LogP contribution in [0.1, 0.15) is 48.5 Å². The maximum atomic E-state index is 13.0. The summed E-state index contributed by atoms with van der Waals surface area (Å²) >= 11 is 0. The van der Waals surface area contributed by atoms with Gasteiger partial charge in [0.2, 0.25) is 5.82 Å². The summed E-state index contributed by atoms with van der Waals surface area (Å²) in [5.41, 5.74) is 8.14. The summed E-state index contributed by atoms with van der Waals surface area (Å²) in [6.45, 7) is 1.79. The summed E-state index contributed by atoms with van der Waals surface area (Å²) in [6.07, 6.45) is 4.83. The Morgan fingerprint density at radius 2 is 1.97 bits per heavy atom. The fourth-order valence-corrected chi connectivity index (χ4v) is 4.77. The molecule has 0 amide bonds. The normalized spacial score (nSPS) is 25.4. The Kier molecular flexibility index (Phi) is 5.13. The Balaban J connectivity index is 1.46. The molecule has 8 heteroatoms. The maximum Gasteiger partial charge on any atom is 0.451 e. The molecule has 1 aliphatic carbocycles. The van der Waals surface area contributed by atoms with E-state index in [1.54, 1.807) is 0 Å². The molecule has 1 aliphatic heterocycles. The van der Waals surface area contributed by atoms with Gasteiger partial charge in [0.1, 0.15) is 5.82 Å². The number of aromatic nitrogens is 3. The van der Waals surface area contributed by atoms with Gasteiger partial charge in [0.15, 0.2) is 0 Å². The average Bonchev–Trinajstić information content (AvgIpc) is 3.17. The minimum atomic E-state index is -4.47. The molecule has 2 aliphatic rings. The number of terminal acetylenes is 1. The van der Waals surface area contributed by atoms with Crippen molar-refractivity contribution >= 4 is 0 Å². The van der Waals surface area contributed by atoms with Crippen LogP contribution >= 0.6 is 0 Å². The van der Waals surface area contributed by atoms with Gasteiger partial charge in [-0.15, -0.1) is 16.6 Å². The van der Waals surface area contributed by atoms with Gasteiger partial charge in [0.05, 0.1) is 6.54 Å². The van der Waals surface area contributed by atoms with Gasteiger partial charge in [-0.2, -0.15) is 13.2 Å². The van der Waals surface area contributed by atoms with Gasteiger partial charge in [-0.3, -0.25) is 4.90 Å². The fourth-order valence-electron chi connectivity index (χ4n) is 4.77. The van der Waals surface area contributed by atoms with E-state index in [0.29, 0.717) is 31.5 Å². The number of alkyl halides is 3. The molecule has 0 spiro atoms. The van der Waals surface area contributed by atoms with Gasteiger partial charge in [-0.1, -0.05) is 18.1 Å². The van der Waals surface area contributed by atoms with Crippen LogP contribution in [0.15, 0.2) is 24.3 Å². The van der Waals surface area contributed by atoms with Crippen molar-refractivity contribution in [3.63, 3.8) is 0 Å². The van der Waals surface area contributed by atoms with Gasteiger partial charge in [-0.25, -0.2) is 0 Å². The highest BCUT2D eigenvalue weighted by Crippen LogP contribution is 2.41. The number of hydrogen-bond acceptors (Lipinski definition) is 4. The Morgan fingerprint density at radius 3 is 2.62 bits per heavy atom. The molecule has 0 saturated heterocycles. The quantitative estimate of drug-likeness (QED) is 0.801. The maximum absolute atomic E-state index is 13.0. The van der Waals surface area contributed by atoms with Crippen molar-refractivity contribution in [2.24, 2.45) is 5.73 Å². The first-order valence-corrected chi connectivity index (χ1v) is 9.87. The summed E-state index contributed by atoms with van der Waals surface area (Å²) in [6, 6.07) is 8.35. The zero-order valence-electron chi connectivity index (χ0n) is 16.1. The van der Waals surface area contributed by atoms with Crippen LogP contribution in [-0.4, -0.2) is 38.8 Å². The molecule has 154 valence electrons. The predicted molar refractivity (Wildman–Crippen MR) is 103 cm³/mol. The second kappa shape index (κ2) is 7.47. The van der Waals surface area contributed by atoms with E-state index in [0.717, 1.165) is 31.2 Å². The molecular formula is C21H24F3N5. The van der Waals surface area contributed by atoms with Crippen molar-refractivity contribution in [3.05, 3.63) is 47.0 Å². The first kappa shape index (κ1) is 19.9. The number of nitrogens with two attached hydrogens (primary N) is 1. The average molecular weight is 403 g/mol. The monoisotopic (exact) mass is 403 g/mol. The van der Waals surface area contributed by atoms with E-state index in [2.05, 4.69) is 33.2 Å². The number of rotatable bonds is 3. The minimum Gasteiger partial charge on any atom is -0.330 e. The zero-order valence-corrected chi connectivity index (χ0v) is 16.1. The van der Waals surface area contributed by atoms with E-state index >= 15 is 0 Å². The summed E-state index contributed by atoms with van der Waals surface area (Å²) in [5.74, 6) is 2.18. The Hall–Kier alpha value is -2.37. The van der Waals surface area contributed by atoms with Crippen LogP contribution in [0, 0.1) is 12.3 Å². The van der Waals surface area contributed by atoms with Crippen molar-refractivity contribution < 1.29 is 13.2 Å². The van der Waals surface area contributed by atoms with E-state index in [1.807, 2.05) is 12.1 Å². The van der Waals surface area contributed by atoms with Crippen molar-refractivity contribution in [1.82, 2.24) is 19.7 Å². The summed E-state index contributed by atoms with van der Waals surface area (Å²) in [7, 11) is 0. The standard InChI is InChI=1S/C21H24F3N5/c1-2-15-4-3-5-16(12-15)20(14-25)8-6-17(7-9-20)28-10-11-29-18(13-28)26-27-19(29)21(22,23)24/h1,3-5,12,17H,6-11,13-14,25H2. The lowest BCUT2D eigenvalue weighted by molar-refractivity contribution is -0.148. The minimum absolute atomic E-state index is 0.0946. The molecule has 29 heavy (non-hydrogen) atoms. The first-order valence-electron chi connectivity index (χ1n) is 9.87. The molecule has 0 atom stereocenters. The van der Waals surface area contributed by atoms with Crippen LogP contribution in [-0.2, 0) is 24.7 Å². The smallest absolute Gasteiger partial charge is 0.330 e. The third-order valence-corrected chi connectivity index (χ3v) is 6.50. The van der Waals surface area contributed by atoms with Gasteiger partial charge in [0.25, 0.3) is 0 Å². The van der Waals surface area contributed by atoms with E-state index < -0.39 is 12.0 Å². The third-order valence-electron chi connectivity index (χ3n) is 6.50. The Labute approximate surface area is 168 Å². The van der Waals surface area contributed by atoms with Gasteiger partial charge < -0.3 is 10.3 Å². The molecule has 2 heterocycles. The third kappa shape index (κ3) is 3.65. The number of halogens is 3. The predicted octanol–water partition coefficient (Wildman–Crippen LogP) is 2.93. The molecule has 1 saturated carbocycles. The van der Waals surface area contributed by atoms with Crippen LogP contribution in [0.25, 0.3) is 0 Å². The highest BCUT2D eigenvalue weighted by molar-refractivity contribution is 5.39. The molecule has 5 nitrogen and oxygen atoms in total. The van der Waals surface area contributed by atoms with Crippen LogP contribution in [0.4, 0.5) is 13.2 Å². The molecule has 1 fully saturated rings. The molecule has 0 bridgehead atoms. The van der Waals surface area contributed by atoms with E-state index in [1.165, 1.54) is 10.1 Å². The lowest BCUT2D eigenvalue weighted by atomic mass is 9.67. The van der Waals surface area contributed by atoms with E-state index in [9.17, 15) is 13.2 Å². The molecule has 0 unspecified atom stereocenters. The SMILES string of the molecule is C#Cc1cccc(C2(CN)CCC(N3CCn4c(nnc4C(F)(F)F)C3)CC2)c1. The van der Waals surface area contributed by atoms with Gasteiger partial charge >= 0.3 is 6.18 Å². The molecular weight excluding hydrogens is 379 g/mol. The summed E-state index contributed by atoms with van der Waals surface area (Å²) in [4.78, 5) is 2.24. The molecule has 2 N–H and O–H groups in total. The fraction of sp³-hybridized carbons (Fsp3) is 0.524. The summed E-state index contributed by atoms with van der Waals surface area (Å²) < 4.78 is 40.3. The van der Waals surface area contributed by atoms with Crippen LogP contribution in [0.3, 0.4) is 0 Å². The number of nitrogens with zero attached hydrogens (tertiary/aromatic N) is 4.